The van der Waals surface area contributed by atoms with Gasteiger partial charge in [-0.25, -0.2) is 0 Å². The second kappa shape index (κ2) is 7.25. The summed E-state index contributed by atoms with van der Waals surface area (Å²) in [5, 5.41) is 9.49. The van der Waals surface area contributed by atoms with Crippen LogP contribution in [-0.2, 0) is 4.79 Å². The molecule has 2 fully saturated rings. The van der Waals surface area contributed by atoms with E-state index in [0.717, 1.165) is 38.9 Å². The van der Waals surface area contributed by atoms with Gasteiger partial charge in [0.2, 0.25) is 5.91 Å². The number of hydrogen-bond acceptors (Lipinski definition) is 3. The Kier molecular flexibility index (Phi) is 5.64. The lowest BCUT2D eigenvalue weighted by Gasteiger charge is -2.34. The third kappa shape index (κ3) is 4.18. The van der Waals surface area contributed by atoms with E-state index in [9.17, 15) is 9.90 Å². The molecule has 2 aliphatic rings. The Morgan fingerprint density at radius 2 is 2.00 bits per heavy atom. The van der Waals surface area contributed by atoms with Crippen molar-refractivity contribution in [2.24, 2.45) is 5.92 Å². The van der Waals surface area contributed by atoms with Crippen LogP contribution in [0.4, 0.5) is 0 Å². The number of carbonyl (C=O) groups excluding carboxylic acids is 1. The van der Waals surface area contributed by atoms with Gasteiger partial charge in [-0.1, -0.05) is 19.8 Å². The molecule has 0 aliphatic carbocycles. The predicted molar refractivity (Wildman–Crippen MR) is 75.9 cm³/mol. The molecule has 2 aliphatic heterocycles. The normalized spacial score (nSPS) is 30.1. The van der Waals surface area contributed by atoms with Crippen molar-refractivity contribution in [1.29, 1.82) is 0 Å². The van der Waals surface area contributed by atoms with Crippen LogP contribution in [0.1, 0.15) is 45.4 Å². The highest BCUT2D eigenvalue weighted by molar-refractivity contribution is 5.78. The standard InChI is InChI=1S/C15H28N2O2/c1-13-6-5-9-17(10-13)15(19)11-16-8-4-2-3-7-14(16)12-18/h13-14,18H,2-12H2,1H3. The first-order chi connectivity index (χ1) is 9.20. The number of rotatable bonds is 3. The highest BCUT2D eigenvalue weighted by atomic mass is 16.3. The summed E-state index contributed by atoms with van der Waals surface area (Å²) in [5.41, 5.74) is 0. The molecule has 2 unspecified atom stereocenters. The maximum atomic E-state index is 12.4. The van der Waals surface area contributed by atoms with Gasteiger partial charge in [0.1, 0.15) is 0 Å². The fourth-order valence-corrected chi connectivity index (χ4v) is 3.34. The summed E-state index contributed by atoms with van der Waals surface area (Å²) in [6, 6.07) is 0.189. The zero-order valence-electron chi connectivity index (χ0n) is 12.2. The highest BCUT2D eigenvalue weighted by Crippen LogP contribution is 2.19. The van der Waals surface area contributed by atoms with Crippen molar-refractivity contribution < 1.29 is 9.90 Å². The summed E-state index contributed by atoms with van der Waals surface area (Å²) < 4.78 is 0. The molecule has 0 spiro atoms. The van der Waals surface area contributed by atoms with Crippen molar-refractivity contribution >= 4 is 5.91 Å². The summed E-state index contributed by atoms with van der Waals surface area (Å²) in [6.07, 6.45) is 6.96. The topological polar surface area (TPSA) is 43.8 Å². The molecule has 2 heterocycles. The molecular weight excluding hydrogens is 240 g/mol. The van der Waals surface area contributed by atoms with E-state index in [0.29, 0.717) is 12.5 Å². The summed E-state index contributed by atoms with van der Waals surface area (Å²) >= 11 is 0. The molecule has 0 bridgehead atoms. The van der Waals surface area contributed by atoms with Crippen molar-refractivity contribution in [3.63, 3.8) is 0 Å². The SMILES string of the molecule is CC1CCCN(C(=O)CN2CCCCCC2CO)C1. The first-order valence-electron chi connectivity index (χ1n) is 7.83. The Hall–Kier alpha value is -0.610. The Morgan fingerprint density at radius 3 is 2.74 bits per heavy atom. The maximum Gasteiger partial charge on any atom is 0.236 e. The molecular formula is C15H28N2O2. The average Bonchev–Trinajstić information content (AvgIpc) is 2.63. The minimum Gasteiger partial charge on any atom is -0.395 e. The molecule has 1 N–H and O–H groups in total. The van der Waals surface area contributed by atoms with Crippen LogP contribution < -0.4 is 0 Å². The van der Waals surface area contributed by atoms with Gasteiger partial charge in [0.05, 0.1) is 13.2 Å². The van der Waals surface area contributed by atoms with E-state index in [-0.39, 0.29) is 18.6 Å². The summed E-state index contributed by atoms with van der Waals surface area (Å²) in [4.78, 5) is 16.6. The molecule has 0 radical (unpaired) electrons. The molecule has 110 valence electrons. The lowest BCUT2D eigenvalue weighted by Crippen LogP contribution is -2.48. The molecule has 19 heavy (non-hydrogen) atoms. The quantitative estimate of drug-likeness (QED) is 0.843. The second-order valence-electron chi connectivity index (χ2n) is 6.24. The predicted octanol–water partition coefficient (Wildman–Crippen LogP) is 1.48. The minimum atomic E-state index is 0.184. The second-order valence-corrected chi connectivity index (χ2v) is 6.24. The van der Waals surface area contributed by atoms with Crippen LogP contribution >= 0.6 is 0 Å². The maximum absolute atomic E-state index is 12.4. The van der Waals surface area contributed by atoms with E-state index < -0.39 is 0 Å². The molecule has 2 rings (SSSR count). The van der Waals surface area contributed by atoms with Crippen molar-refractivity contribution in [2.45, 2.75) is 51.5 Å². The van der Waals surface area contributed by atoms with E-state index in [1.807, 2.05) is 4.90 Å². The molecule has 0 aromatic rings. The number of aliphatic hydroxyl groups is 1. The third-order valence-corrected chi connectivity index (χ3v) is 4.56. The molecule has 0 aromatic carbocycles. The Morgan fingerprint density at radius 1 is 1.16 bits per heavy atom. The van der Waals surface area contributed by atoms with E-state index in [2.05, 4.69) is 11.8 Å². The summed E-state index contributed by atoms with van der Waals surface area (Å²) in [7, 11) is 0. The van der Waals surface area contributed by atoms with E-state index in [1.165, 1.54) is 19.3 Å². The van der Waals surface area contributed by atoms with Crippen LogP contribution in [0.5, 0.6) is 0 Å². The van der Waals surface area contributed by atoms with E-state index in [1.54, 1.807) is 0 Å². The molecule has 2 saturated heterocycles. The molecule has 0 saturated carbocycles. The van der Waals surface area contributed by atoms with E-state index >= 15 is 0 Å². The number of piperidine rings is 1. The summed E-state index contributed by atoms with van der Waals surface area (Å²) in [6.45, 7) is 5.70. The van der Waals surface area contributed by atoms with Gasteiger partial charge in [0.15, 0.2) is 0 Å². The van der Waals surface area contributed by atoms with Crippen LogP contribution in [0.2, 0.25) is 0 Å². The zero-order valence-corrected chi connectivity index (χ0v) is 12.2. The van der Waals surface area contributed by atoms with Crippen molar-refractivity contribution in [1.82, 2.24) is 9.80 Å². The zero-order chi connectivity index (χ0) is 13.7. The van der Waals surface area contributed by atoms with Gasteiger partial charge in [-0.2, -0.15) is 0 Å². The smallest absolute Gasteiger partial charge is 0.236 e. The number of likely N-dealkylation sites (tertiary alicyclic amines) is 2. The Balaban J connectivity index is 1.88. The van der Waals surface area contributed by atoms with Crippen LogP contribution in [0.25, 0.3) is 0 Å². The fourth-order valence-electron chi connectivity index (χ4n) is 3.34. The van der Waals surface area contributed by atoms with Crippen LogP contribution in [0.15, 0.2) is 0 Å². The Bertz CT molecular complexity index is 296. The van der Waals surface area contributed by atoms with Gasteiger partial charge in [-0.3, -0.25) is 9.69 Å². The van der Waals surface area contributed by atoms with Crippen molar-refractivity contribution in [3.05, 3.63) is 0 Å². The highest BCUT2D eigenvalue weighted by Gasteiger charge is 2.26. The lowest BCUT2D eigenvalue weighted by molar-refractivity contribution is -0.134. The lowest BCUT2D eigenvalue weighted by atomic mass is 10.0. The van der Waals surface area contributed by atoms with Gasteiger partial charge in [0, 0.05) is 19.1 Å². The number of nitrogens with zero attached hydrogens (tertiary/aromatic N) is 2. The van der Waals surface area contributed by atoms with Gasteiger partial charge < -0.3 is 10.0 Å². The van der Waals surface area contributed by atoms with Crippen LogP contribution in [0.3, 0.4) is 0 Å². The fraction of sp³-hybridized carbons (Fsp3) is 0.933. The van der Waals surface area contributed by atoms with Gasteiger partial charge >= 0.3 is 0 Å². The molecule has 1 amide bonds. The van der Waals surface area contributed by atoms with Crippen molar-refractivity contribution in [2.75, 3.05) is 32.8 Å². The number of amides is 1. The largest absolute Gasteiger partial charge is 0.395 e. The number of hydrogen-bond donors (Lipinski definition) is 1. The molecule has 0 aromatic heterocycles. The number of aliphatic hydroxyl groups excluding tert-OH is 1. The first-order valence-corrected chi connectivity index (χ1v) is 7.83. The average molecular weight is 268 g/mol. The van der Waals surface area contributed by atoms with Crippen LogP contribution in [-0.4, -0.2) is 59.6 Å². The molecule has 4 heteroatoms. The van der Waals surface area contributed by atoms with Gasteiger partial charge in [-0.05, 0) is 38.1 Å². The summed E-state index contributed by atoms with van der Waals surface area (Å²) in [5.74, 6) is 0.891. The van der Waals surface area contributed by atoms with E-state index in [4.69, 9.17) is 0 Å². The minimum absolute atomic E-state index is 0.184. The van der Waals surface area contributed by atoms with Gasteiger partial charge in [0.25, 0.3) is 0 Å². The third-order valence-electron chi connectivity index (χ3n) is 4.56. The van der Waals surface area contributed by atoms with Crippen LogP contribution in [0, 0.1) is 5.92 Å². The number of carbonyl (C=O) groups is 1. The molecule has 2 atom stereocenters. The molecule has 4 nitrogen and oxygen atoms in total. The van der Waals surface area contributed by atoms with Crippen molar-refractivity contribution in [3.8, 4) is 0 Å². The monoisotopic (exact) mass is 268 g/mol. The Labute approximate surface area is 116 Å². The van der Waals surface area contributed by atoms with Gasteiger partial charge in [-0.15, -0.1) is 0 Å². The first kappa shape index (κ1) is 14.8.